The number of nitrogens with two attached hydrogens (primary N) is 1. The molecule has 1 rings (SSSR count). The Bertz CT molecular complexity index is 423. The lowest BCUT2D eigenvalue weighted by Gasteiger charge is -2.17. The van der Waals surface area contributed by atoms with Gasteiger partial charge in [0.1, 0.15) is 17.7 Å². The highest BCUT2D eigenvalue weighted by atomic mass is 19.1. The minimum Gasteiger partial charge on any atom is -0.385 e. The molecule has 1 aromatic carbocycles. The van der Waals surface area contributed by atoms with Crippen molar-refractivity contribution in [3.8, 4) is 0 Å². The summed E-state index contributed by atoms with van der Waals surface area (Å²) in [6.45, 7) is 1.36. The van der Waals surface area contributed by atoms with E-state index < -0.39 is 35.3 Å². The first-order chi connectivity index (χ1) is 7.36. The van der Waals surface area contributed by atoms with Crippen LogP contribution in [-0.4, -0.2) is 22.2 Å². The SMILES string of the molecule is Cc1ccc(F)c(C(O)C(O)C(N)=O)c1F. The Morgan fingerprint density at radius 1 is 1.38 bits per heavy atom. The number of aliphatic hydroxyl groups excluding tert-OH is 2. The van der Waals surface area contributed by atoms with E-state index in [9.17, 15) is 18.7 Å². The number of rotatable bonds is 3. The minimum absolute atomic E-state index is 0.0899. The van der Waals surface area contributed by atoms with Crippen molar-refractivity contribution in [3.05, 3.63) is 34.9 Å². The van der Waals surface area contributed by atoms with Crippen LogP contribution in [0.1, 0.15) is 17.2 Å². The fourth-order valence-electron chi connectivity index (χ4n) is 1.26. The van der Waals surface area contributed by atoms with Crippen molar-refractivity contribution < 1.29 is 23.8 Å². The van der Waals surface area contributed by atoms with Crippen LogP contribution in [0.15, 0.2) is 12.1 Å². The molecule has 0 aliphatic carbocycles. The van der Waals surface area contributed by atoms with Gasteiger partial charge in [-0.1, -0.05) is 6.07 Å². The molecule has 4 N–H and O–H groups in total. The maximum Gasteiger partial charge on any atom is 0.249 e. The first-order valence-electron chi connectivity index (χ1n) is 4.46. The van der Waals surface area contributed by atoms with Crippen molar-refractivity contribution in [2.75, 3.05) is 0 Å². The predicted molar refractivity (Wildman–Crippen MR) is 51.3 cm³/mol. The number of carbonyl (C=O) groups is 1. The van der Waals surface area contributed by atoms with Gasteiger partial charge in [-0.05, 0) is 18.6 Å². The van der Waals surface area contributed by atoms with Crippen LogP contribution in [0.5, 0.6) is 0 Å². The molecule has 0 saturated carbocycles. The fraction of sp³-hybridized carbons (Fsp3) is 0.300. The van der Waals surface area contributed by atoms with E-state index in [0.29, 0.717) is 0 Å². The predicted octanol–water partition coefficient (Wildman–Crippen LogP) is 0.153. The lowest BCUT2D eigenvalue weighted by atomic mass is 10.0. The summed E-state index contributed by atoms with van der Waals surface area (Å²) in [5, 5.41) is 18.5. The number of carbonyl (C=O) groups excluding carboxylic acids is 1. The van der Waals surface area contributed by atoms with E-state index >= 15 is 0 Å². The van der Waals surface area contributed by atoms with Gasteiger partial charge in [-0.25, -0.2) is 8.78 Å². The van der Waals surface area contributed by atoms with Gasteiger partial charge in [0.2, 0.25) is 5.91 Å². The monoisotopic (exact) mass is 231 g/mol. The molecule has 1 aromatic rings. The third-order valence-electron chi connectivity index (χ3n) is 2.21. The third-order valence-corrected chi connectivity index (χ3v) is 2.21. The normalized spacial score (nSPS) is 14.6. The summed E-state index contributed by atoms with van der Waals surface area (Å²) in [5.74, 6) is -3.31. The number of hydrogen-bond donors (Lipinski definition) is 3. The largest absolute Gasteiger partial charge is 0.385 e. The van der Waals surface area contributed by atoms with Gasteiger partial charge in [0.05, 0.1) is 5.56 Å². The number of benzene rings is 1. The molecular formula is C10H11F2NO3. The maximum absolute atomic E-state index is 13.5. The number of hydrogen-bond acceptors (Lipinski definition) is 3. The zero-order valence-corrected chi connectivity index (χ0v) is 8.45. The van der Waals surface area contributed by atoms with E-state index in [0.717, 1.165) is 6.07 Å². The molecule has 0 spiro atoms. The second-order valence-corrected chi connectivity index (χ2v) is 3.38. The molecule has 0 aliphatic rings. The second-order valence-electron chi connectivity index (χ2n) is 3.38. The van der Waals surface area contributed by atoms with Crippen LogP contribution in [0.3, 0.4) is 0 Å². The fourth-order valence-corrected chi connectivity index (χ4v) is 1.26. The van der Waals surface area contributed by atoms with E-state index in [-0.39, 0.29) is 5.56 Å². The summed E-state index contributed by atoms with van der Waals surface area (Å²) in [7, 11) is 0. The van der Waals surface area contributed by atoms with E-state index in [4.69, 9.17) is 10.8 Å². The molecule has 88 valence electrons. The van der Waals surface area contributed by atoms with Gasteiger partial charge < -0.3 is 15.9 Å². The Morgan fingerprint density at radius 2 is 1.94 bits per heavy atom. The lowest BCUT2D eigenvalue weighted by molar-refractivity contribution is -0.132. The molecule has 4 nitrogen and oxygen atoms in total. The average Bonchev–Trinajstić information content (AvgIpc) is 2.22. The van der Waals surface area contributed by atoms with Crippen LogP contribution < -0.4 is 5.73 Å². The number of aryl methyl sites for hydroxylation is 1. The lowest BCUT2D eigenvalue weighted by Crippen LogP contribution is -2.34. The zero-order valence-electron chi connectivity index (χ0n) is 8.45. The molecule has 6 heteroatoms. The Balaban J connectivity index is 3.22. The quantitative estimate of drug-likeness (QED) is 0.692. The van der Waals surface area contributed by atoms with Crippen LogP contribution in [0.2, 0.25) is 0 Å². The van der Waals surface area contributed by atoms with Crippen molar-refractivity contribution in [1.29, 1.82) is 0 Å². The topological polar surface area (TPSA) is 83.6 Å². The smallest absolute Gasteiger partial charge is 0.249 e. The number of aliphatic hydroxyl groups is 2. The summed E-state index contributed by atoms with van der Waals surface area (Å²) >= 11 is 0. The number of primary amides is 1. The Kier molecular flexibility index (Phi) is 3.56. The zero-order chi connectivity index (χ0) is 12.5. The Hall–Kier alpha value is -1.53. The molecule has 2 atom stereocenters. The van der Waals surface area contributed by atoms with Crippen molar-refractivity contribution >= 4 is 5.91 Å². The summed E-state index contributed by atoms with van der Waals surface area (Å²) in [4.78, 5) is 10.6. The summed E-state index contributed by atoms with van der Waals surface area (Å²) in [5.41, 5.74) is 4.05. The molecule has 0 aromatic heterocycles. The number of halogens is 2. The van der Waals surface area contributed by atoms with E-state index in [1.807, 2.05) is 0 Å². The highest BCUT2D eigenvalue weighted by Gasteiger charge is 2.29. The van der Waals surface area contributed by atoms with Crippen molar-refractivity contribution in [2.24, 2.45) is 5.73 Å². The molecule has 0 bridgehead atoms. The summed E-state index contributed by atoms with van der Waals surface area (Å²) < 4.78 is 26.7. The van der Waals surface area contributed by atoms with Gasteiger partial charge in [0.25, 0.3) is 0 Å². The second kappa shape index (κ2) is 4.54. The van der Waals surface area contributed by atoms with Gasteiger partial charge in [-0.2, -0.15) is 0 Å². The summed E-state index contributed by atoms with van der Waals surface area (Å²) in [6, 6.07) is 2.11. The van der Waals surface area contributed by atoms with Gasteiger partial charge in [0.15, 0.2) is 6.10 Å². The van der Waals surface area contributed by atoms with Crippen molar-refractivity contribution in [2.45, 2.75) is 19.1 Å². The minimum atomic E-state index is -2.05. The molecule has 0 heterocycles. The molecule has 16 heavy (non-hydrogen) atoms. The van der Waals surface area contributed by atoms with Crippen LogP contribution in [0, 0.1) is 18.6 Å². The van der Waals surface area contributed by atoms with E-state index in [1.54, 1.807) is 0 Å². The van der Waals surface area contributed by atoms with Crippen LogP contribution >= 0.6 is 0 Å². The molecule has 0 radical (unpaired) electrons. The summed E-state index contributed by atoms with van der Waals surface area (Å²) in [6.07, 6.45) is -4.07. The van der Waals surface area contributed by atoms with Gasteiger partial charge in [-0.15, -0.1) is 0 Å². The van der Waals surface area contributed by atoms with Crippen molar-refractivity contribution in [3.63, 3.8) is 0 Å². The Labute approximate surface area is 90.3 Å². The van der Waals surface area contributed by atoms with E-state index in [2.05, 4.69) is 0 Å². The van der Waals surface area contributed by atoms with Crippen LogP contribution in [0.4, 0.5) is 8.78 Å². The number of amides is 1. The molecule has 2 unspecified atom stereocenters. The highest BCUT2D eigenvalue weighted by molar-refractivity contribution is 5.79. The van der Waals surface area contributed by atoms with Gasteiger partial charge in [-0.3, -0.25) is 4.79 Å². The average molecular weight is 231 g/mol. The molecule has 0 saturated heterocycles. The van der Waals surface area contributed by atoms with Gasteiger partial charge in [0, 0.05) is 0 Å². The van der Waals surface area contributed by atoms with Crippen molar-refractivity contribution in [1.82, 2.24) is 0 Å². The van der Waals surface area contributed by atoms with E-state index in [1.165, 1.54) is 13.0 Å². The first-order valence-corrected chi connectivity index (χ1v) is 4.46. The van der Waals surface area contributed by atoms with Gasteiger partial charge >= 0.3 is 0 Å². The van der Waals surface area contributed by atoms with Crippen LogP contribution in [0.25, 0.3) is 0 Å². The highest BCUT2D eigenvalue weighted by Crippen LogP contribution is 2.25. The van der Waals surface area contributed by atoms with Crippen LogP contribution in [-0.2, 0) is 4.79 Å². The Morgan fingerprint density at radius 3 is 2.44 bits per heavy atom. The molecule has 0 fully saturated rings. The third kappa shape index (κ3) is 2.17. The standard InChI is InChI=1S/C10H11F2NO3/c1-4-2-3-5(11)6(7(4)12)8(14)9(15)10(13)16/h2-3,8-9,14-15H,1H3,(H2,13,16). The molecular weight excluding hydrogens is 220 g/mol. The molecule has 1 amide bonds. The first kappa shape index (κ1) is 12.5. The maximum atomic E-state index is 13.5. The molecule has 0 aliphatic heterocycles.